The lowest BCUT2D eigenvalue weighted by Gasteiger charge is -2.30. The highest BCUT2D eigenvalue weighted by Gasteiger charge is 2.45. The summed E-state index contributed by atoms with van der Waals surface area (Å²) >= 11 is 0. The molecule has 2 amide bonds. The molecule has 5 aliphatic rings. The van der Waals surface area contributed by atoms with Gasteiger partial charge >= 0.3 is 0 Å². The van der Waals surface area contributed by atoms with Crippen molar-refractivity contribution in [3.8, 4) is 11.4 Å². The first-order chi connectivity index (χ1) is 24.4. The van der Waals surface area contributed by atoms with Gasteiger partial charge in [-0.2, -0.15) is 0 Å². The molecule has 8 rings (SSSR count). The minimum absolute atomic E-state index is 0.0378. The minimum Gasteiger partial charge on any atom is -0.367 e. The van der Waals surface area contributed by atoms with Crippen molar-refractivity contribution in [1.82, 2.24) is 24.8 Å². The van der Waals surface area contributed by atoms with E-state index < -0.39 is 5.60 Å². The van der Waals surface area contributed by atoms with Crippen LogP contribution in [0.5, 0.6) is 0 Å². The molecular weight excluding hydrogens is 632 g/mol. The molecule has 2 N–H and O–H groups in total. The molecule has 0 spiro atoms. The zero-order chi connectivity index (χ0) is 34.2. The standard InChI is InChI=1S/C38H38N8O4/c1-50-38(37(48)41-30-9-10-32-31(22-30)35(43-42-32)29-13-19-46(49)33(21-29)27-5-6-27)14-20-44(24-38)23-34(47)45-17-11-26(12-18-45)25-3-7-28(8-4-25)36-39-15-2-16-40-36/h2-4,7-11,13,15-16,19,21-22,27,49H,5-6,12,14,17-18,20,23-24H2,1H3,(H,41,48)/b35-29+/t38-/m0/s1. The zero-order valence-corrected chi connectivity index (χ0v) is 27.8. The number of fused-ring (bicyclic) bond motifs is 1. The van der Waals surface area contributed by atoms with Crippen molar-refractivity contribution in [3.63, 3.8) is 0 Å². The predicted octanol–water partition coefficient (Wildman–Crippen LogP) is 5.81. The number of hydrogen-bond donors (Lipinski definition) is 2. The molecule has 1 atom stereocenters. The number of carbonyl (C=O) groups excluding carboxylic acids is 2. The molecule has 1 saturated carbocycles. The molecular formula is C38H38N8O4. The van der Waals surface area contributed by atoms with Crippen molar-refractivity contribution in [2.75, 3.05) is 45.2 Å². The Morgan fingerprint density at radius 3 is 2.58 bits per heavy atom. The van der Waals surface area contributed by atoms with E-state index in [9.17, 15) is 14.8 Å². The van der Waals surface area contributed by atoms with Gasteiger partial charge in [-0.3, -0.25) is 19.7 Å². The largest absolute Gasteiger partial charge is 0.367 e. The Bertz CT molecular complexity index is 1980. The number of rotatable bonds is 8. The summed E-state index contributed by atoms with van der Waals surface area (Å²) in [5.41, 5.74) is 6.79. The van der Waals surface area contributed by atoms with Gasteiger partial charge in [-0.1, -0.05) is 30.3 Å². The van der Waals surface area contributed by atoms with Crippen molar-refractivity contribution < 1.29 is 19.5 Å². The maximum atomic E-state index is 13.7. The number of nitrogens with one attached hydrogen (secondary N) is 1. The highest BCUT2D eigenvalue weighted by atomic mass is 16.5. The lowest BCUT2D eigenvalue weighted by molar-refractivity contribution is -0.138. The Hall–Kier alpha value is -5.30. The van der Waals surface area contributed by atoms with Crippen molar-refractivity contribution in [2.24, 2.45) is 16.1 Å². The summed E-state index contributed by atoms with van der Waals surface area (Å²) in [6, 6.07) is 15.5. The average molecular weight is 671 g/mol. The third-order valence-corrected chi connectivity index (χ3v) is 10.1. The van der Waals surface area contributed by atoms with Crippen LogP contribution in [-0.2, 0) is 14.3 Å². The van der Waals surface area contributed by atoms with Crippen LogP contribution in [0.1, 0.15) is 36.8 Å². The first-order valence-corrected chi connectivity index (χ1v) is 17.0. The van der Waals surface area contributed by atoms with E-state index in [1.807, 2.05) is 52.3 Å². The van der Waals surface area contributed by atoms with E-state index in [2.05, 4.69) is 43.7 Å². The molecule has 1 aliphatic carbocycles. The Morgan fingerprint density at radius 2 is 1.84 bits per heavy atom. The summed E-state index contributed by atoms with van der Waals surface area (Å²) in [6.45, 7) is 2.29. The molecule has 3 aromatic rings. The molecule has 254 valence electrons. The number of ether oxygens (including phenoxy) is 1. The minimum atomic E-state index is -1.08. The monoisotopic (exact) mass is 670 g/mol. The molecule has 2 fully saturated rings. The van der Waals surface area contributed by atoms with Crippen LogP contribution in [0.3, 0.4) is 0 Å². The molecule has 0 radical (unpaired) electrons. The number of hydrogen-bond acceptors (Lipinski definition) is 10. The van der Waals surface area contributed by atoms with Crippen LogP contribution < -0.4 is 5.32 Å². The fraction of sp³-hybridized carbons (Fsp3) is 0.316. The molecule has 2 aromatic carbocycles. The second-order valence-electron chi connectivity index (χ2n) is 13.3. The van der Waals surface area contributed by atoms with E-state index in [0.29, 0.717) is 55.7 Å². The summed E-state index contributed by atoms with van der Waals surface area (Å²) in [5.74, 6) is 0.833. The third-order valence-electron chi connectivity index (χ3n) is 10.1. The van der Waals surface area contributed by atoms with Crippen molar-refractivity contribution >= 4 is 34.5 Å². The first-order valence-electron chi connectivity index (χ1n) is 17.0. The van der Waals surface area contributed by atoms with E-state index in [-0.39, 0.29) is 18.4 Å². The van der Waals surface area contributed by atoms with Gasteiger partial charge in [-0.15, -0.1) is 10.2 Å². The van der Waals surface area contributed by atoms with Gasteiger partial charge in [0, 0.05) is 85.9 Å². The fourth-order valence-electron chi connectivity index (χ4n) is 7.02. The van der Waals surface area contributed by atoms with Gasteiger partial charge in [0.1, 0.15) is 5.70 Å². The smallest absolute Gasteiger partial charge is 0.258 e. The van der Waals surface area contributed by atoms with E-state index in [4.69, 9.17) is 4.74 Å². The van der Waals surface area contributed by atoms with Gasteiger partial charge in [0.2, 0.25) is 5.91 Å². The van der Waals surface area contributed by atoms with Crippen LogP contribution >= 0.6 is 0 Å². The van der Waals surface area contributed by atoms with Crippen LogP contribution in [0.2, 0.25) is 0 Å². The van der Waals surface area contributed by atoms with Crippen molar-refractivity contribution in [1.29, 1.82) is 0 Å². The number of azo groups is 1. The lowest BCUT2D eigenvalue weighted by Crippen LogP contribution is -2.48. The van der Waals surface area contributed by atoms with Crippen LogP contribution in [0, 0.1) is 5.92 Å². The zero-order valence-electron chi connectivity index (χ0n) is 27.8. The highest BCUT2D eigenvalue weighted by molar-refractivity contribution is 5.99. The normalized spacial score (nSPS) is 23.2. The second-order valence-corrected chi connectivity index (χ2v) is 13.3. The summed E-state index contributed by atoms with van der Waals surface area (Å²) < 4.78 is 5.86. The van der Waals surface area contributed by atoms with Gasteiger partial charge in [0.15, 0.2) is 11.4 Å². The third kappa shape index (κ3) is 6.28. The Labute approximate surface area is 290 Å². The van der Waals surface area contributed by atoms with Crippen LogP contribution in [0.15, 0.2) is 107 Å². The quantitative estimate of drug-likeness (QED) is 0.307. The number of amides is 2. The van der Waals surface area contributed by atoms with Crippen LogP contribution in [0.25, 0.3) is 22.7 Å². The molecule has 1 saturated heterocycles. The van der Waals surface area contributed by atoms with E-state index in [0.717, 1.165) is 52.9 Å². The maximum absolute atomic E-state index is 13.7. The molecule has 1 aromatic heterocycles. The fourth-order valence-corrected chi connectivity index (χ4v) is 7.02. The maximum Gasteiger partial charge on any atom is 0.258 e. The number of nitrogens with zero attached hydrogens (tertiary/aromatic N) is 7. The Morgan fingerprint density at radius 1 is 1.04 bits per heavy atom. The number of hydroxylamine groups is 2. The predicted molar refractivity (Wildman–Crippen MR) is 188 cm³/mol. The molecule has 50 heavy (non-hydrogen) atoms. The number of aromatic nitrogens is 2. The number of benzene rings is 2. The molecule has 12 heteroatoms. The number of methoxy groups -OCH3 is 1. The van der Waals surface area contributed by atoms with E-state index in [1.54, 1.807) is 31.8 Å². The highest BCUT2D eigenvalue weighted by Crippen LogP contribution is 2.43. The van der Waals surface area contributed by atoms with Crippen LogP contribution in [0.4, 0.5) is 11.4 Å². The summed E-state index contributed by atoms with van der Waals surface area (Å²) in [4.78, 5) is 39.6. The van der Waals surface area contributed by atoms with Crippen LogP contribution in [-0.4, -0.2) is 87.3 Å². The second kappa shape index (κ2) is 13.2. The Balaban J connectivity index is 0.884. The number of allylic oxidation sites excluding steroid dienone is 4. The van der Waals surface area contributed by atoms with Gasteiger partial charge in [0.05, 0.1) is 12.2 Å². The van der Waals surface area contributed by atoms with Crippen molar-refractivity contribution in [2.45, 2.75) is 31.3 Å². The van der Waals surface area contributed by atoms with E-state index in [1.165, 1.54) is 10.6 Å². The first kappa shape index (κ1) is 31.9. The molecule has 12 nitrogen and oxygen atoms in total. The number of likely N-dealkylation sites (tertiary alicyclic amines) is 1. The average Bonchev–Trinajstić information content (AvgIpc) is 3.78. The molecule has 4 aliphatic heterocycles. The van der Waals surface area contributed by atoms with Gasteiger partial charge in [-0.05, 0) is 73.2 Å². The van der Waals surface area contributed by atoms with Gasteiger partial charge in [-0.25, -0.2) is 15.0 Å². The molecule has 5 heterocycles. The number of carbonyl (C=O) groups is 2. The van der Waals surface area contributed by atoms with Gasteiger partial charge in [0.25, 0.3) is 5.91 Å². The van der Waals surface area contributed by atoms with Gasteiger partial charge < -0.3 is 15.0 Å². The molecule has 0 unspecified atom stereocenters. The molecule has 0 bridgehead atoms. The van der Waals surface area contributed by atoms with E-state index >= 15 is 0 Å². The Kier molecular flexibility index (Phi) is 8.43. The lowest BCUT2D eigenvalue weighted by atomic mass is 9.98. The summed E-state index contributed by atoms with van der Waals surface area (Å²) in [6.07, 6.45) is 14.4. The number of anilines is 1. The summed E-state index contributed by atoms with van der Waals surface area (Å²) in [5, 5.41) is 23.3. The SMILES string of the molecule is CO[C@@]1(C(=O)Nc2ccc3c(c2)/C(=C2/C=CN(O)C(C4CC4)=C2)N=N3)CCN(CC(=O)N2CC=C(c3ccc(-c4ncccn4)cc3)CC2)C1. The summed E-state index contributed by atoms with van der Waals surface area (Å²) in [7, 11) is 1.55. The topological polar surface area (TPSA) is 136 Å². The van der Waals surface area contributed by atoms with Crippen molar-refractivity contribution in [3.05, 3.63) is 108 Å².